The lowest BCUT2D eigenvalue weighted by Gasteiger charge is -2.09. The van der Waals surface area contributed by atoms with Crippen molar-refractivity contribution in [1.82, 2.24) is 19.5 Å². The first-order valence-corrected chi connectivity index (χ1v) is 8.64. The number of anilines is 1. The Balaban J connectivity index is 1.52. The molecule has 7 heteroatoms. The van der Waals surface area contributed by atoms with Crippen LogP contribution in [0.25, 0.3) is 11.3 Å². The van der Waals surface area contributed by atoms with Gasteiger partial charge in [-0.1, -0.05) is 36.4 Å². The van der Waals surface area contributed by atoms with Crippen LogP contribution >= 0.6 is 0 Å². The summed E-state index contributed by atoms with van der Waals surface area (Å²) in [5.41, 5.74) is 2.38. The van der Waals surface area contributed by atoms with E-state index in [0.717, 1.165) is 11.3 Å². The number of rotatable bonds is 5. The summed E-state index contributed by atoms with van der Waals surface area (Å²) >= 11 is 0. The highest BCUT2D eigenvalue weighted by Gasteiger charge is 2.13. The number of nitrogens with zero attached hydrogens (tertiary/aromatic N) is 4. The van der Waals surface area contributed by atoms with E-state index in [1.807, 2.05) is 41.9 Å². The average Bonchev–Trinajstić information content (AvgIpc) is 3.10. The summed E-state index contributed by atoms with van der Waals surface area (Å²) in [5, 5.41) is 2.83. The zero-order valence-electron chi connectivity index (χ0n) is 15.1. The second kappa shape index (κ2) is 7.71. The highest BCUT2D eigenvalue weighted by atomic mass is 16.5. The monoisotopic (exact) mass is 371 g/mol. The Labute approximate surface area is 161 Å². The molecule has 0 unspecified atom stereocenters. The molecular formula is C21H17N5O2. The van der Waals surface area contributed by atoms with Crippen LogP contribution in [0.5, 0.6) is 11.8 Å². The number of hydrogen-bond donors (Lipinski definition) is 1. The molecule has 0 atom stereocenters. The summed E-state index contributed by atoms with van der Waals surface area (Å²) in [6.07, 6.45) is 4.91. The molecular weight excluding hydrogens is 354 g/mol. The number of nitrogens with one attached hydrogen (secondary N) is 1. The standard InChI is InChI=1S/C21H17N5O2/c1-26-18(15-7-3-2-4-8-15)14-24-20(26)25-19(27)16-9-5-10-17(13-16)28-21-22-11-6-12-23-21/h2-14H,1H3,(H,24,25,27). The van der Waals surface area contributed by atoms with Crippen molar-refractivity contribution in [1.29, 1.82) is 0 Å². The summed E-state index contributed by atoms with van der Waals surface area (Å²) < 4.78 is 7.42. The van der Waals surface area contributed by atoms with Crippen LogP contribution in [0.4, 0.5) is 5.95 Å². The summed E-state index contributed by atoms with van der Waals surface area (Å²) in [4.78, 5) is 25.0. The topological polar surface area (TPSA) is 81.9 Å². The van der Waals surface area contributed by atoms with Gasteiger partial charge in [0.1, 0.15) is 5.75 Å². The minimum atomic E-state index is -0.284. The largest absolute Gasteiger partial charge is 0.424 e. The van der Waals surface area contributed by atoms with Gasteiger partial charge in [-0.3, -0.25) is 10.1 Å². The van der Waals surface area contributed by atoms with Crippen molar-refractivity contribution >= 4 is 11.9 Å². The number of ether oxygens (including phenoxy) is 1. The van der Waals surface area contributed by atoms with E-state index >= 15 is 0 Å². The van der Waals surface area contributed by atoms with Gasteiger partial charge in [0.05, 0.1) is 11.9 Å². The van der Waals surface area contributed by atoms with E-state index in [4.69, 9.17) is 4.74 Å². The van der Waals surface area contributed by atoms with Crippen LogP contribution in [-0.4, -0.2) is 25.4 Å². The number of imidazole rings is 1. The Hall–Kier alpha value is -4.00. The van der Waals surface area contributed by atoms with Crippen molar-refractivity contribution in [3.05, 3.63) is 84.8 Å². The van der Waals surface area contributed by atoms with Crippen LogP contribution in [0.15, 0.2) is 79.3 Å². The molecule has 0 bridgehead atoms. The molecule has 4 aromatic rings. The zero-order valence-corrected chi connectivity index (χ0v) is 15.1. The second-order valence-electron chi connectivity index (χ2n) is 6.01. The van der Waals surface area contributed by atoms with Crippen molar-refractivity contribution in [2.45, 2.75) is 0 Å². The number of benzene rings is 2. The van der Waals surface area contributed by atoms with Gasteiger partial charge in [0.25, 0.3) is 5.91 Å². The predicted molar refractivity (Wildman–Crippen MR) is 105 cm³/mol. The summed E-state index contributed by atoms with van der Waals surface area (Å²) in [6, 6.07) is 18.6. The van der Waals surface area contributed by atoms with Gasteiger partial charge in [-0.25, -0.2) is 15.0 Å². The molecule has 2 aromatic heterocycles. The molecule has 4 rings (SSSR count). The fraction of sp³-hybridized carbons (Fsp3) is 0.0476. The number of carbonyl (C=O) groups excluding carboxylic acids is 1. The molecule has 1 N–H and O–H groups in total. The van der Waals surface area contributed by atoms with Crippen LogP contribution in [-0.2, 0) is 7.05 Å². The van der Waals surface area contributed by atoms with E-state index in [-0.39, 0.29) is 11.9 Å². The summed E-state index contributed by atoms with van der Waals surface area (Å²) in [5.74, 6) is 0.651. The van der Waals surface area contributed by atoms with Gasteiger partial charge < -0.3 is 9.30 Å². The van der Waals surface area contributed by atoms with Crippen LogP contribution in [0.2, 0.25) is 0 Å². The highest BCUT2D eigenvalue weighted by molar-refractivity contribution is 6.03. The van der Waals surface area contributed by atoms with Crippen LogP contribution in [0, 0.1) is 0 Å². The van der Waals surface area contributed by atoms with E-state index in [2.05, 4.69) is 20.3 Å². The molecule has 0 aliphatic carbocycles. The number of amides is 1. The quantitative estimate of drug-likeness (QED) is 0.575. The molecule has 0 aliphatic rings. The zero-order chi connectivity index (χ0) is 19.3. The maximum Gasteiger partial charge on any atom is 0.321 e. The van der Waals surface area contributed by atoms with Crippen LogP contribution in [0.1, 0.15) is 10.4 Å². The number of carbonyl (C=O) groups is 1. The van der Waals surface area contributed by atoms with Gasteiger partial charge in [-0.05, 0) is 29.8 Å². The van der Waals surface area contributed by atoms with E-state index < -0.39 is 0 Å². The molecule has 0 aliphatic heterocycles. The average molecular weight is 371 g/mol. The molecule has 28 heavy (non-hydrogen) atoms. The molecule has 2 heterocycles. The van der Waals surface area contributed by atoms with E-state index in [9.17, 15) is 4.79 Å². The predicted octanol–water partition coefficient (Wildman–Crippen LogP) is 3.92. The molecule has 0 spiro atoms. The SMILES string of the molecule is Cn1c(-c2ccccc2)cnc1NC(=O)c1cccc(Oc2ncccn2)c1. The highest BCUT2D eigenvalue weighted by Crippen LogP contribution is 2.23. The Morgan fingerprint density at radius 2 is 1.75 bits per heavy atom. The molecule has 0 radical (unpaired) electrons. The molecule has 0 saturated heterocycles. The number of aromatic nitrogens is 4. The lowest BCUT2D eigenvalue weighted by Crippen LogP contribution is -2.15. The van der Waals surface area contributed by atoms with Gasteiger partial charge >= 0.3 is 6.01 Å². The van der Waals surface area contributed by atoms with Crippen molar-refractivity contribution in [2.75, 3.05) is 5.32 Å². The molecule has 138 valence electrons. The van der Waals surface area contributed by atoms with Crippen molar-refractivity contribution < 1.29 is 9.53 Å². The Morgan fingerprint density at radius 3 is 2.54 bits per heavy atom. The smallest absolute Gasteiger partial charge is 0.321 e. The van der Waals surface area contributed by atoms with E-state index in [1.54, 1.807) is 48.9 Å². The Bertz CT molecular complexity index is 1090. The third-order valence-electron chi connectivity index (χ3n) is 4.13. The van der Waals surface area contributed by atoms with Crippen LogP contribution in [0.3, 0.4) is 0 Å². The third kappa shape index (κ3) is 3.73. The number of hydrogen-bond acceptors (Lipinski definition) is 5. The first kappa shape index (κ1) is 17.4. The van der Waals surface area contributed by atoms with Gasteiger partial charge in [-0.2, -0.15) is 0 Å². The molecule has 0 saturated carbocycles. The van der Waals surface area contributed by atoms with Gasteiger partial charge in [0.15, 0.2) is 0 Å². The maximum atomic E-state index is 12.7. The van der Waals surface area contributed by atoms with Crippen molar-refractivity contribution in [3.8, 4) is 23.0 Å². The van der Waals surface area contributed by atoms with Gasteiger partial charge in [0, 0.05) is 25.0 Å². The maximum absolute atomic E-state index is 12.7. The normalized spacial score (nSPS) is 10.5. The fourth-order valence-electron chi connectivity index (χ4n) is 2.72. The van der Waals surface area contributed by atoms with Crippen molar-refractivity contribution in [2.24, 2.45) is 7.05 Å². The van der Waals surface area contributed by atoms with Crippen LogP contribution < -0.4 is 10.1 Å². The van der Waals surface area contributed by atoms with E-state index in [1.165, 1.54) is 0 Å². The second-order valence-corrected chi connectivity index (χ2v) is 6.01. The minimum absolute atomic E-state index is 0.219. The molecule has 2 aromatic carbocycles. The van der Waals surface area contributed by atoms with Crippen molar-refractivity contribution in [3.63, 3.8) is 0 Å². The summed E-state index contributed by atoms with van der Waals surface area (Å²) in [7, 11) is 1.86. The first-order valence-electron chi connectivity index (χ1n) is 8.64. The van der Waals surface area contributed by atoms with Gasteiger partial charge in [0.2, 0.25) is 5.95 Å². The Kier molecular flexibility index (Phi) is 4.79. The van der Waals surface area contributed by atoms with Gasteiger partial charge in [-0.15, -0.1) is 0 Å². The lowest BCUT2D eigenvalue weighted by atomic mass is 10.2. The molecule has 1 amide bonds. The first-order chi connectivity index (χ1) is 13.7. The fourth-order valence-corrected chi connectivity index (χ4v) is 2.72. The molecule has 7 nitrogen and oxygen atoms in total. The molecule has 0 fully saturated rings. The minimum Gasteiger partial charge on any atom is -0.424 e. The summed E-state index contributed by atoms with van der Waals surface area (Å²) in [6.45, 7) is 0. The third-order valence-corrected chi connectivity index (χ3v) is 4.13. The van der Waals surface area contributed by atoms with E-state index in [0.29, 0.717) is 17.3 Å². The lowest BCUT2D eigenvalue weighted by molar-refractivity contribution is 0.102. The Morgan fingerprint density at radius 1 is 0.964 bits per heavy atom.